The molecular weight excluding hydrogens is 242 g/mol. The van der Waals surface area contributed by atoms with E-state index in [1.165, 1.54) is 7.11 Å². The summed E-state index contributed by atoms with van der Waals surface area (Å²) < 4.78 is 10.9. The first kappa shape index (κ1) is 18.4. The molecule has 0 aliphatic heterocycles. The number of carbonyl (C=O) groups is 1. The zero-order valence-electron chi connectivity index (χ0n) is 13.6. The number of carbonyl (C=O) groups excluding carboxylic acids is 1. The largest absolute Gasteiger partial charge is 0.468 e. The van der Waals surface area contributed by atoms with Gasteiger partial charge in [0.2, 0.25) is 0 Å². The summed E-state index contributed by atoms with van der Waals surface area (Å²) >= 11 is 0. The molecule has 0 saturated carbocycles. The Hall–Kier alpha value is -0.610. The van der Waals surface area contributed by atoms with E-state index < -0.39 is 5.54 Å². The van der Waals surface area contributed by atoms with Crippen molar-refractivity contribution in [2.24, 2.45) is 0 Å². The number of nitrogens with one attached hydrogen (secondary N) is 1. The molecule has 4 nitrogen and oxygen atoms in total. The molecule has 1 N–H and O–H groups in total. The summed E-state index contributed by atoms with van der Waals surface area (Å²) in [5, 5.41) is 3.28. The summed E-state index contributed by atoms with van der Waals surface area (Å²) in [4.78, 5) is 12.0. The third kappa shape index (κ3) is 6.39. The molecule has 0 aliphatic carbocycles. The Morgan fingerprint density at radius 1 is 1.26 bits per heavy atom. The van der Waals surface area contributed by atoms with Gasteiger partial charge < -0.3 is 14.8 Å². The van der Waals surface area contributed by atoms with Crippen molar-refractivity contribution in [2.45, 2.75) is 78.0 Å². The predicted octanol–water partition coefficient (Wildman–Crippen LogP) is 2.90. The van der Waals surface area contributed by atoms with Gasteiger partial charge >= 0.3 is 5.97 Å². The normalized spacial score (nSPS) is 16.8. The first-order chi connectivity index (χ1) is 8.70. The van der Waals surface area contributed by atoms with Crippen LogP contribution in [-0.4, -0.2) is 36.9 Å². The second kappa shape index (κ2) is 7.85. The molecule has 114 valence electrons. The molecule has 0 radical (unpaired) electrons. The quantitative estimate of drug-likeness (QED) is 0.656. The van der Waals surface area contributed by atoms with Gasteiger partial charge in [0.1, 0.15) is 5.54 Å². The summed E-state index contributed by atoms with van der Waals surface area (Å²) in [6, 6.07) is 0. The summed E-state index contributed by atoms with van der Waals surface area (Å²) in [5.41, 5.74) is -0.852. The minimum Gasteiger partial charge on any atom is -0.468 e. The van der Waals surface area contributed by atoms with Gasteiger partial charge in [-0.2, -0.15) is 0 Å². The van der Waals surface area contributed by atoms with Crippen LogP contribution in [-0.2, 0) is 14.3 Å². The Morgan fingerprint density at radius 3 is 2.26 bits per heavy atom. The molecule has 4 heteroatoms. The molecule has 0 heterocycles. The molecule has 0 rings (SSSR count). The molecule has 0 amide bonds. The fourth-order valence-electron chi connectivity index (χ4n) is 2.10. The second-order valence-electron chi connectivity index (χ2n) is 6.00. The standard InChI is InChI=1S/C15H31NO3/c1-8-10-16-15(6,13(17)18-7)11-12(3)19-14(4,5)9-2/h12,16H,8-11H2,1-7H3. The molecule has 0 aromatic heterocycles. The van der Waals surface area contributed by atoms with E-state index >= 15 is 0 Å². The summed E-state index contributed by atoms with van der Waals surface area (Å²) in [6.07, 6.45) is 2.50. The Morgan fingerprint density at radius 2 is 1.84 bits per heavy atom. The lowest BCUT2D eigenvalue weighted by molar-refractivity contribution is -0.151. The fourth-order valence-corrected chi connectivity index (χ4v) is 2.10. The second-order valence-corrected chi connectivity index (χ2v) is 6.00. The van der Waals surface area contributed by atoms with Gasteiger partial charge in [-0.1, -0.05) is 13.8 Å². The van der Waals surface area contributed by atoms with Crippen LogP contribution in [0.4, 0.5) is 0 Å². The number of methoxy groups -OCH3 is 1. The topological polar surface area (TPSA) is 47.6 Å². The molecule has 0 aliphatic rings. The summed E-state index contributed by atoms with van der Waals surface area (Å²) in [5.74, 6) is -0.231. The molecule has 2 atom stereocenters. The zero-order chi connectivity index (χ0) is 15.1. The minimum absolute atomic E-state index is 0.0107. The maximum atomic E-state index is 12.0. The van der Waals surface area contributed by atoms with Gasteiger partial charge in [-0.25, -0.2) is 0 Å². The van der Waals surface area contributed by atoms with E-state index in [2.05, 4.69) is 33.0 Å². The molecular formula is C15H31NO3. The van der Waals surface area contributed by atoms with Crippen LogP contribution in [0, 0.1) is 0 Å². The van der Waals surface area contributed by atoms with E-state index in [0.717, 1.165) is 19.4 Å². The third-order valence-electron chi connectivity index (χ3n) is 3.47. The van der Waals surface area contributed by atoms with Crippen molar-refractivity contribution in [3.8, 4) is 0 Å². The highest BCUT2D eigenvalue weighted by molar-refractivity contribution is 5.80. The first-order valence-corrected chi connectivity index (χ1v) is 7.22. The van der Waals surface area contributed by atoms with Gasteiger partial charge in [-0.3, -0.25) is 4.79 Å². The highest BCUT2D eigenvalue weighted by Gasteiger charge is 2.36. The average Bonchev–Trinajstić information content (AvgIpc) is 2.34. The van der Waals surface area contributed by atoms with Crippen molar-refractivity contribution in [3.05, 3.63) is 0 Å². The molecule has 0 spiro atoms. The van der Waals surface area contributed by atoms with Gasteiger partial charge in [-0.15, -0.1) is 0 Å². The molecule has 0 bridgehead atoms. The van der Waals surface area contributed by atoms with Crippen LogP contribution in [0.5, 0.6) is 0 Å². The number of hydrogen-bond donors (Lipinski definition) is 1. The molecule has 0 fully saturated rings. The maximum Gasteiger partial charge on any atom is 0.325 e. The molecule has 19 heavy (non-hydrogen) atoms. The lowest BCUT2D eigenvalue weighted by Crippen LogP contribution is -2.53. The Balaban J connectivity index is 4.68. The third-order valence-corrected chi connectivity index (χ3v) is 3.47. The van der Waals surface area contributed by atoms with Crippen LogP contribution >= 0.6 is 0 Å². The number of hydrogen-bond acceptors (Lipinski definition) is 4. The van der Waals surface area contributed by atoms with E-state index in [1.54, 1.807) is 0 Å². The van der Waals surface area contributed by atoms with E-state index in [1.807, 2.05) is 13.8 Å². The van der Waals surface area contributed by atoms with Crippen molar-refractivity contribution >= 4 is 5.97 Å². The molecule has 0 saturated heterocycles. The van der Waals surface area contributed by atoms with E-state index in [-0.39, 0.29) is 17.7 Å². The lowest BCUT2D eigenvalue weighted by atomic mass is 9.94. The monoisotopic (exact) mass is 273 g/mol. The molecule has 0 aromatic rings. The van der Waals surface area contributed by atoms with Crippen LogP contribution in [0.25, 0.3) is 0 Å². The van der Waals surface area contributed by atoms with E-state index in [4.69, 9.17) is 9.47 Å². The van der Waals surface area contributed by atoms with Crippen molar-refractivity contribution in [1.82, 2.24) is 5.32 Å². The molecule has 0 aromatic carbocycles. The van der Waals surface area contributed by atoms with Crippen LogP contribution in [0.3, 0.4) is 0 Å². The summed E-state index contributed by atoms with van der Waals surface area (Å²) in [6.45, 7) is 13.0. The van der Waals surface area contributed by atoms with Crippen molar-refractivity contribution < 1.29 is 14.3 Å². The van der Waals surface area contributed by atoms with Crippen molar-refractivity contribution in [2.75, 3.05) is 13.7 Å². The van der Waals surface area contributed by atoms with Gasteiger partial charge in [0, 0.05) is 6.42 Å². The average molecular weight is 273 g/mol. The number of ether oxygens (including phenoxy) is 2. The van der Waals surface area contributed by atoms with Gasteiger partial charge in [0.15, 0.2) is 0 Å². The van der Waals surface area contributed by atoms with Gasteiger partial charge in [-0.05, 0) is 47.1 Å². The molecule has 2 unspecified atom stereocenters. The number of esters is 1. The van der Waals surface area contributed by atoms with E-state index in [9.17, 15) is 4.79 Å². The minimum atomic E-state index is -0.687. The zero-order valence-corrected chi connectivity index (χ0v) is 13.6. The number of rotatable bonds is 9. The van der Waals surface area contributed by atoms with Crippen molar-refractivity contribution in [3.63, 3.8) is 0 Å². The van der Waals surface area contributed by atoms with Gasteiger partial charge in [0.05, 0.1) is 18.8 Å². The maximum absolute atomic E-state index is 12.0. The Labute approximate surface area is 118 Å². The smallest absolute Gasteiger partial charge is 0.325 e. The van der Waals surface area contributed by atoms with Crippen LogP contribution in [0.1, 0.15) is 60.8 Å². The van der Waals surface area contributed by atoms with Crippen molar-refractivity contribution in [1.29, 1.82) is 0 Å². The van der Waals surface area contributed by atoms with Crippen LogP contribution < -0.4 is 5.32 Å². The SMILES string of the molecule is CCCNC(C)(CC(C)OC(C)(C)CC)C(=O)OC. The summed E-state index contributed by atoms with van der Waals surface area (Å²) in [7, 11) is 1.43. The highest BCUT2D eigenvalue weighted by Crippen LogP contribution is 2.22. The fraction of sp³-hybridized carbons (Fsp3) is 0.933. The Kier molecular flexibility index (Phi) is 7.60. The Bertz CT molecular complexity index is 279. The van der Waals surface area contributed by atoms with Crippen LogP contribution in [0.15, 0.2) is 0 Å². The van der Waals surface area contributed by atoms with Gasteiger partial charge in [0.25, 0.3) is 0 Å². The van der Waals surface area contributed by atoms with E-state index in [0.29, 0.717) is 6.42 Å². The highest BCUT2D eigenvalue weighted by atomic mass is 16.5. The lowest BCUT2D eigenvalue weighted by Gasteiger charge is -2.34. The van der Waals surface area contributed by atoms with Crippen LogP contribution in [0.2, 0.25) is 0 Å². The predicted molar refractivity (Wildman–Crippen MR) is 78.2 cm³/mol. The first-order valence-electron chi connectivity index (χ1n) is 7.22.